The Morgan fingerprint density at radius 3 is 2.80 bits per heavy atom. The van der Waals surface area contributed by atoms with Crippen molar-refractivity contribution < 1.29 is 4.79 Å². The maximum absolute atomic E-state index is 10.5. The van der Waals surface area contributed by atoms with Gasteiger partial charge in [-0.2, -0.15) is 0 Å². The van der Waals surface area contributed by atoms with Crippen molar-refractivity contribution in [1.29, 1.82) is 0 Å². The molecule has 2 rings (SSSR count). The molecule has 0 aliphatic carbocycles. The smallest absolute Gasteiger partial charge is 0.236 e. The van der Waals surface area contributed by atoms with Gasteiger partial charge in [0.25, 0.3) is 0 Å². The number of anilines is 1. The number of nitrogens with zero attached hydrogens (tertiary/aromatic N) is 2. The molecule has 1 aromatic carbocycles. The molecule has 0 radical (unpaired) electrons. The maximum Gasteiger partial charge on any atom is 0.236 e. The van der Waals surface area contributed by atoms with Gasteiger partial charge in [0.15, 0.2) is 0 Å². The van der Waals surface area contributed by atoms with E-state index in [-0.39, 0.29) is 6.54 Å². The van der Waals surface area contributed by atoms with Crippen molar-refractivity contribution in [3.63, 3.8) is 0 Å². The molecule has 0 spiro atoms. The molecule has 15 heavy (non-hydrogen) atoms. The summed E-state index contributed by atoms with van der Waals surface area (Å²) >= 11 is 0. The Morgan fingerprint density at radius 2 is 2.07 bits per heavy atom. The fraction of sp³-hybridized carbons (Fsp3) is 0.100. The normalized spacial score (nSPS) is 10.1. The van der Waals surface area contributed by atoms with Gasteiger partial charge in [-0.25, -0.2) is 4.98 Å². The van der Waals surface area contributed by atoms with Gasteiger partial charge in [-0.3, -0.25) is 9.78 Å². The van der Waals surface area contributed by atoms with E-state index in [1.54, 1.807) is 6.20 Å². The quantitative estimate of drug-likeness (QED) is 0.760. The topological polar surface area (TPSA) is 80.9 Å². The minimum absolute atomic E-state index is 0.0625. The van der Waals surface area contributed by atoms with Crippen LogP contribution in [0.5, 0.6) is 0 Å². The zero-order valence-electron chi connectivity index (χ0n) is 7.97. The van der Waals surface area contributed by atoms with Gasteiger partial charge in [0.05, 0.1) is 23.8 Å². The third-order valence-electron chi connectivity index (χ3n) is 1.89. The fourth-order valence-electron chi connectivity index (χ4n) is 1.22. The van der Waals surface area contributed by atoms with Crippen LogP contribution in [0.25, 0.3) is 11.0 Å². The fourth-order valence-corrected chi connectivity index (χ4v) is 1.22. The lowest BCUT2D eigenvalue weighted by Gasteiger charge is -2.03. The van der Waals surface area contributed by atoms with Crippen molar-refractivity contribution >= 4 is 22.8 Å². The number of carbonyl (C=O) groups excluding carboxylic acids is 1. The van der Waals surface area contributed by atoms with Gasteiger partial charge in [0.2, 0.25) is 5.91 Å². The Morgan fingerprint density at radius 1 is 1.33 bits per heavy atom. The molecular weight excluding hydrogens is 192 g/mol. The Labute approximate surface area is 86.3 Å². The van der Waals surface area contributed by atoms with Gasteiger partial charge >= 0.3 is 0 Å². The average molecular weight is 202 g/mol. The van der Waals surface area contributed by atoms with E-state index in [4.69, 9.17) is 5.73 Å². The van der Waals surface area contributed by atoms with Crippen molar-refractivity contribution in [2.45, 2.75) is 0 Å². The number of amides is 1. The molecule has 0 atom stereocenters. The first-order valence-electron chi connectivity index (χ1n) is 4.49. The van der Waals surface area contributed by atoms with E-state index in [2.05, 4.69) is 15.3 Å². The maximum atomic E-state index is 10.5. The van der Waals surface area contributed by atoms with E-state index in [9.17, 15) is 4.79 Å². The number of para-hydroxylation sites is 2. The SMILES string of the molecule is NC(=O)CNc1cnc2ccccc2n1. The summed E-state index contributed by atoms with van der Waals surface area (Å²) in [6.45, 7) is 0.0625. The summed E-state index contributed by atoms with van der Waals surface area (Å²) in [5, 5.41) is 2.79. The lowest BCUT2D eigenvalue weighted by Crippen LogP contribution is -2.22. The molecule has 0 saturated heterocycles. The van der Waals surface area contributed by atoms with E-state index >= 15 is 0 Å². The summed E-state index contributed by atoms with van der Waals surface area (Å²) in [5.41, 5.74) is 6.61. The Bertz CT molecular complexity index is 498. The van der Waals surface area contributed by atoms with Crippen molar-refractivity contribution in [3.8, 4) is 0 Å². The second-order valence-corrected chi connectivity index (χ2v) is 3.06. The highest BCUT2D eigenvalue weighted by atomic mass is 16.1. The Balaban J connectivity index is 2.26. The van der Waals surface area contributed by atoms with Crippen LogP contribution in [-0.2, 0) is 4.79 Å². The van der Waals surface area contributed by atoms with Crippen LogP contribution in [0.3, 0.4) is 0 Å². The number of primary amides is 1. The molecule has 0 bridgehead atoms. The van der Waals surface area contributed by atoms with E-state index in [0.717, 1.165) is 11.0 Å². The third-order valence-corrected chi connectivity index (χ3v) is 1.89. The summed E-state index contributed by atoms with van der Waals surface area (Å²) < 4.78 is 0. The summed E-state index contributed by atoms with van der Waals surface area (Å²) in [5.74, 6) is 0.123. The molecule has 76 valence electrons. The molecule has 1 aromatic heterocycles. The van der Waals surface area contributed by atoms with Crippen molar-refractivity contribution in [2.24, 2.45) is 5.73 Å². The highest BCUT2D eigenvalue weighted by molar-refractivity contribution is 5.79. The van der Waals surface area contributed by atoms with Gasteiger partial charge in [0, 0.05) is 0 Å². The monoisotopic (exact) mass is 202 g/mol. The third kappa shape index (κ3) is 2.19. The number of benzene rings is 1. The summed E-state index contributed by atoms with van der Waals surface area (Å²) in [6, 6.07) is 7.51. The first-order valence-corrected chi connectivity index (χ1v) is 4.49. The van der Waals surface area contributed by atoms with E-state index < -0.39 is 5.91 Å². The van der Waals surface area contributed by atoms with Crippen LogP contribution in [0.2, 0.25) is 0 Å². The predicted molar refractivity (Wildman–Crippen MR) is 57.2 cm³/mol. The highest BCUT2D eigenvalue weighted by Gasteiger charge is 1.99. The summed E-state index contributed by atoms with van der Waals surface area (Å²) in [6.07, 6.45) is 1.57. The molecule has 2 aromatic rings. The minimum atomic E-state index is -0.426. The Kier molecular flexibility index (Phi) is 2.45. The molecule has 0 unspecified atom stereocenters. The van der Waals surface area contributed by atoms with Gasteiger partial charge in [-0.1, -0.05) is 12.1 Å². The number of nitrogens with one attached hydrogen (secondary N) is 1. The summed E-state index contributed by atoms with van der Waals surface area (Å²) in [7, 11) is 0. The molecule has 0 aliphatic heterocycles. The van der Waals surface area contributed by atoms with Crippen LogP contribution in [-0.4, -0.2) is 22.4 Å². The molecular formula is C10H10N4O. The molecule has 3 N–H and O–H groups in total. The number of hydrogen-bond donors (Lipinski definition) is 2. The van der Waals surface area contributed by atoms with Crippen molar-refractivity contribution in [2.75, 3.05) is 11.9 Å². The minimum Gasteiger partial charge on any atom is -0.368 e. The van der Waals surface area contributed by atoms with Crippen molar-refractivity contribution in [3.05, 3.63) is 30.5 Å². The molecule has 5 heteroatoms. The zero-order chi connectivity index (χ0) is 10.7. The standard InChI is InChI=1S/C10H10N4O/c11-9(15)5-13-10-6-12-7-3-1-2-4-8(7)14-10/h1-4,6H,5H2,(H2,11,15)(H,13,14). The molecule has 0 aliphatic rings. The Hall–Kier alpha value is -2.17. The molecule has 0 fully saturated rings. The molecule has 1 heterocycles. The van der Waals surface area contributed by atoms with Crippen LogP contribution in [0.1, 0.15) is 0 Å². The number of aromatic nitrogens is 2. The number of carbonyl (C=O) groups is 1. The van der Waals surface area contributed by atoms with Gasteiger partial charge < -0.3 is 11.1 Å². The molecule has 0 saturated carbocycles. The molecule has 5 nitrogen and oxygen atoms in total. The van der Waals surface area contributed by atoms with Crippen LogP contribution < -0.4 is 11.1 Å². The highest BCUT2D eigenvalue weighted by Crippen LogP contribution is 2.10. The zero-order valence-corrected chi connectivity index (χ0v) is 7.97. The van der Waals surface area contributed by atoms with Crippen LogP contribution >= 0.6 is 0 Å². The average Bonchev–Trinajstić information content (AvgIpc) is 2.26. The second-order valence-electron chi connectivity index (χ2n) is 3.06. The number of hydrogen-bond acceptors (Lipinski definition) is 4. The largest absolute Gasteiger partial charge is 0.368 e. The van der Waals surface area contributed by atoms with Crippen molar-refractivity contribution in [1.82, 2.24) is 9.97 Å². The van der Waals surface area contributed by atoms with Crippen LogP contribution in [0.15, 0.2) is 30.5 Å². The first kappa shape index (κ1) is 9.39. The lowest BCUT2D eigenvalue weighted by molar-refractivity contribution is -0.116. The van der Waals surface area contributed by atoms with Crippen LogP contribution in [0.4, 0.5) is 5.82 Å². The summed E-state index contributed by atoms with van der Waals surface area (Å²) in [4.78, 5) is 19.0. The number of nitrogens with two attached hydrogens (primary N) is 1. The van der Waals surface area contributed by atoms with Gasteiger partial charge in [-0.15, -0.1) is 0 Å². The number of rotatable bonds is 3. The lowest BCUT2D eigenvalue weighted by atomic mass is 10.3. The van der Waals surface area contributed by atoms with E-state index in [1.165, 1.54) is 0 Å². The van der Waals surface area contributed by atoms with Crippen LogP contribution in [0, 0.1) is 0 Å². The molecule has 1 amide bonds. The van der Waals surface area contributed by atoms with Gasteiger partial charge in [0.1, 0.15) is 5.82 Å². The van der Waals surface area contributed by atoms with E-state index in [0.29, 0.717) is 5.82 Å². The predicted octanol–water partition coefficient (Wildman–Crippen LogP) is 0.527. The van der Waals surface area contributed by atoms with Gasteiger partial charge in [-0.05, 0) is 12.1 Å². The first-order chi connectivity index (χ1) is 7.25. The number of fused-ring (bicyclic) bond motifs is 1. The van der Waals surface area contributed by atoms with E-state index in [1.807, 2.05) is 24.3 Å². The second kappa shape index (κ2) is 3.91.